The van der Waals surface area contributed by atoms with Crippen LogP contribution in [-0.4, -0.2) is 30.1 Å². The van der Waals surface area contributed by atoms with E-state index in [0.29, 0.717) is 5.92 Å². The lowest BCUT2D eigenvalue weighted by atomic mass is 10.2. The molecule has 1 aromatic heterocycles. The molecule has 4 heteroatoms. The zero-order valence-electron chi connectivity index (χ0n) is 13.0. The highest BCUT2D eigenvalue weighted by molar-refractivity contribution is 5.49. The summed E-state index contributed by atoms with van der Waals surface area (Å²) in [6.45, 7) is 10.7. The Morgan fingerprint density at radius 3 is 2.53 bits per heavy atom. The molecule has 0 atom stereocenters. The van der Waals surface area contributed by atoms with E-state index in [9.17, 15) is 0 Å². The van der Waals surface area contributed by atoms with Crippen molar-refractivity contribution in [2.75, 3.05) is 30.4 Å². The molecule has 0 aliphatic carbocycles. The van der Waals surface area contributed by atoms with Gasteiger partial charge in [-0.1, -0.05) is 27.7 Å². The van der Waals surface area contributed by atoms with Gasteiger partial charge < -0.3 is 10.2 Å². The molecule has 4 nitrogen and oxygen atoms in total. The Kier molecular flexibility index (Phi) is 6.60. The third-order valence-electron chi connectivity index (χ3n) is 2.82. The molecule has 0 aliphatic rings. The zero-order chi connectivity index (χ0) is 14.3. The van der Waals surface area contributed by atoms with Crippen LogP contribution in [0.3, 0.4) is 0 Å². The van der Waals surface area contributed by atoms with Gasteiger partial charge in [-0.15, -0.1) is 0 Å². The van der Waals surface area contributed by atoms with Crippen molar-refractivity contribution in [1.82, 2.24) is 9.97 Å². The molecule has 0 aromatic carbocycles. The van der Waals surface area contributed by atoms with Gasteiger partial charge in [0, 0.05) is 32.6 Å². The number of anilines is 2. The molecular formula is C15H28N4. The third-order valence-corrected chi connectivity index (χ3v) is 2.82. The van der Waals surface area contributed by atoms with Gasteiger partial charge in [0.2, 0.25) is 0 Å². The molecule has 0 fully saturated rings. The smallest absolute Gasteiger partial charge is 0.134 e. The maximum absolute atomic E-state index is 4.66. The van der Waals surface area contributed by atoms with Gasteiger partial charge in [0.05, 0.1) is 0 Å². The van der Waals surface area contributed by atoms with Crippen LogP contribution in [0.4, 0.5) is 11.6 Å². The van der Waals surface area contributed by atoms with Crippen LogP contribution in [0, 0.1) is 5.92 Å². The van der Waals surface area contributed by atoms with E-state index in [2.05, 4.69) is 61.0 Å². The number of nitrogens with zero attached hydrogens (tertiary/aromatic N) is 3. The van der Waals surface area contributed by atoms with Gasteiger partial charge in [-0.25, -0.2) is 9.97 Å². The van der Waals surface area contributed by atoms with Crippen LogP contribution < -0.4 is 10.2 Å². The molecule has 1 aromatic rings. The van der Waals surface area contributed by atoms with Crippen molar-refractivity contribution in [3.63, 3.8) is 0 Å². The summed E-state index contributed by atoms with van der Waals surface area (Å²) in [6, 6.07) is 2.05. The first-order chi connectivity index (χ1) is 9.06. The molecule has 0 unspecified atom stereocenters. The first-order valence-corrected chi connectivity index (χ1v) is 7.39. The Morgan fingerprint density at radius 1 is 1.21 bits per heavy atom. The fourth-order valence-corrected chi connectivity index (χ4v) is 2.00. The van der Waals surface area contributed by atoms with Crippen LogP contribution >= 0.6 is 0 Å². The summed E-state index contributed by atoms with van der Waals surface area (Å²) < 4.78 is 0. The average molecular weight is 264 g/mol. The summed E-state index contributed by atoms with van der Waals surface area (Å²) in [5.41, 5.74) is 0. The van der Waals surface area contributed by atoms with Gasteiger partial charge in [0.25, 0.3) is 0 Å². The number of hydrogen-bond acceptors (Lipinski definition) is 4. The van der Waals surface area contributed by atoms with Gasteiger partial charge >= 0.3 is 0 Å². The van der Waals surface area contributed by atoms with E-state index in [4.69, 9.17) is 0 Å². The fourth-order valence-electron chi connectivity index (χ4n) is 2.00. The molecule has 19 heavy (non-hydrogen) atoms. The molecular weight excluding hydrogens is 236 g/mol. The summed E-state index contributed by atoms with van der Waals surface area (Å²) in [7, 11) is 2.10. The lowest BCUT2D eigenvalue weighted by molar-refractivity contribution is 0.632. The maximum atomic E-state index is 4.66. The van der Waals surface area contributed by atoms with Crippen LogP contribution in [-0.2, 0) is 6.42 Å². The molecule has 1 N–H and O–H groups in total. The molecule has 0 saturated heterocycles. The molecule has 1 rings (SSSR count). The van der Waals surface area contributed by atoms with E-state index < -0.39 is 0 Å². The largest absolute Gasteiger partial charge is 0.370 e. The Balaban J connectivity index is 2.91. The van der Waals surface area contributed by atoms with Crippen molar-refractivity contribution < 1.29 is 0 Å². The van der Waals surface area contributed by atoms with E-state index in [1.807, 2.05) is 0 Å². The lowest BCUT2D eigenvalue weighted by Gasteiger charge is -2.21. The molecule has 108 valence electrons. The summed E-state index contributed by atoms with van der Waals surface area (Å²) in [5.74, 6) is 3.53. The van der Waals surface area contributed by atoms with Crippen LogP contribution in [0.15, 0.2) is 6.07 Å². The maximum Gasteiger partial charge on any atom is 0.134 e. The monoisotopic (exact) mass is 264 g/mol. The summed E-state index contributed by atoms with van der Waals surface area (Å²) >= 11 is 0. The second kappa shape index (κ2) is 7.97. The Hall–Kier alpha value is -1.32. The standard InChI is InChI=1S/C15H28N4/c1-6-8-13-17-14(16-9-7-2)10-15(18-13)19(5)11-12(3)4/h10,12H,6-9,11H2,1-5H3,(H,16,17,18). The Labute approximate surface area is 117 Å². The molecule has 0 radical (unpaired) electrons. The summed E-state index contributed by atoms with van der Waals surface area (Å²) in [4.78, 5) is 11.4. The normalized spacial score (nSPS) is 10.8. The highest BCUT2D eigenvalue weighted by Gasteiger charge is 2.09. The van der Waals surface area contributed by atoms with Crippen molar-refractivity contribution in [2.45, 2.75) is 47.0 Å². The van der Waals surface area contributed by atoms with Crippen LogP contribution in [0.2, 0.25) is 0 Å². The predicted molar refractivity (Wildman–Crippen MR) is 82.9 cm³/mol. The van der Waals surface area contributed by atoms with Crippen molar-refractivity contribution in [1.29, 1.82) is 0 Å². The minimum Gasteiger partial charge on any atom is -0.370 e. The minimum atomic E-state index is 0.627. The van der Waals surface area contributed by atoms with Crippen LogP contribution in [0.25, 0.3) is 0 Å². The number of aromatic nitrogens is 2. The Bertz CT molecular complexity index is 376. The second-order valence-electron chi connectivity index (χ2n) is 5.48. The topological polar surface area (TPSA) is 41.0 Å². The van der Waals surface area contributed by atoms with E-state index in [0.717, 1.165) is 49.8 Å². The quantitative estimate of drug-likeness (QED) is 0.782. The van der Waals surface area contributed by atoms with E-state index in [1.165, 1.54) is 0 Å². The number of aryl methyl sites for hydroxylation is 1. The molecule has 0 amide bonds. The van der Waals surface area contributed by atoms with Gasteiger partial charge in [-0.05, 0) is 18.8 Å². The molecule has 0 spiro atoms. The van der Waals surface area contributed by atoms with Gasteiger partial charge in [0.15, 0.2) is 0 Å². The lowest BCUT2D eigenvalue weighted by Crippen LogP contribution is -2.24. The highest BCUT2D eigenvalue weighted by Crippen LogP contribution is 2.17. The second-order valence-corrected chi connectivity index (χ2v) is 5.48. The average Bonchev–Trinajstić information content (AvgIpc) is 2.35. The molecule has 1 heterocycles. The highest BCUT2D eigenvalue weighted by atomic mass is 15.2. The SMILES string of the molecule is CCCNc1cc(N(C)CC(C)C)nc(CCC)n1. The third kappa shape index (κ3) is 5.45. The fraction of sp³-hybridized carbons (Fsp3) is 0.733. The van der Waals surface area contributed by atoms with Crippen molar-refractivity contribution >= 4 is 11.6 Å². The zero-order valence-corrected chi connectivity index (χ0v) is 13.0. The summed E-state index contributed by atoms with van der Waals surface area (Å²) in [6.07, 6.45) is 3.11. The van der Waals surface area contributed by atoms with Crippen LogP contribution in [0.5, 0.6) is 0 Å². The van der Waals surface area contributed by atoms with Crippen molar-refractivity contribution in [2.24, 2.45) is 5.92 Å². The van der Waals surface area contributed by atoms with Gasteiger partial charge in [-0.2, -0.15) is 0 Å². The molecule has 0 bridgehead atoms. The number of hydrogen-bond donors (Lipinski definition) is 1. The van der Waals surface area contributed by atoms with E-state index in [1.54, 1.807) is 0 Å². The van der Waals surface area contributed by atoms with Gasteiger partial charge in [0.1, 0.15) is 17.5 Å². The molecule has 0 aliphatic heterocycles. The first kappa shape index (κ1) is 15.7. The predicted octanol–water partition coefficient (Wildman–Crippen LogP) is 3.34. The first-order valence-electron chi connectivity index (χ1n) is 7.39. The van der Waals surface area contributed by atoms with Crippen LogP contribution in [0.1, 0.15) is 46.4 Å². The minimum absolute atomic E-state index is 0.627. The van der Waals surface area contributed by atoms with E-state index >= 15 is 0 Å². The van der Waals surface area contributed by atoms with E-state index in [-0.39, 0.29) is 0 Å². The number of nitrogens with one attached hydrogen (secondary N) is 1. The van der Waals surface area contributed by atoms with Crippen molar-refractivity contribution in [3.8, 4) is 0 Å². The van der Waals surface area contributed by atoms with Crippen molar-refractivity contribution in [3.05, 3.63) is 11.9 Å². The summed E-state index contributed by atoms with van der Waals surface area (Å²) in [5, 5.41) is 3.36. The Morgan fingerprint density at radius 2 is 1.95 bits per heavy atom. The number of rotatable bonds is 8. The van der Waals surface area contributed by atoms with Gasteiger partial charge in [-0.3, -0.25) is 0 Å². The molecule has 0 saturated carbocycles.